The molecule has 156 valence electrons. The first kappa shape index (κ1) is 20.6. The summed E-state index contributed by atoms with van der Waals surface area (Å²) in [5.41, 5.74) is 9.25. The minimum atomic E-state index is -0.478. The van der Waals surface area contributed by atoms with Gasteiger partial charge in [-0.05, 0) is 38.2 Å². The minimum absolute atomic E-state index is 0.167. The number of anilines is 1. The summed E-state index contributed by atoms with van der Waals surface area (Å²) in [5, 5.41) is 12.6. The van der Waals surface area contributed by atoms with Gasteiger partial charge in [-0.15, -0.1) is 21.5 Å². The highest BCUT2D eigenvalue weighted by Gasteiger charge is 2.25. The molecule has 0 saturated heterocycles. The van der Waals surface area contributed by atoms with Crippen molar-refractivity contribution in [3.8, 4) is 11.4 Å². The fourth-order valence-electron chi connectivity index (χ4n) is 3.60. The third kappa shape index (κ3) is 4.13. The lowest BCUT2D eigenvalue weighted by Gasteiger charge is -2.11. The van der Waals surface area contributed by atoms with Crippen molar-refractivity contribution in [2.75, 3.05) is 11.1 Å². The third-order valence-corrected chi connectivity index (χ3v) is 7.38. The van der Waals surface area contributed by atoms with Crippen molar-refractivity contribution >= 4 is 39.9 Å². The lowest BCUT2D eigenvalue weighted by Crippen LogP contribution is -2.19. The first-order valence-electron chi connectivity index (χ1n) is 9.77. The van der Waals surface area contributed by atoms with Crippen molar-refractivity contribution in [2.45, 2.75) is 37.8 Å². The molecule has 7 nitrogen and oxygen atoms in total. The molecule has 0 radical (unpaired) electrons. The molecule has 2 aromatic heterocycles. The summed E-state index contributed by atoms with van der Waals surface area (Å²) in [7, 11) is 1.88. The number of thioether (sulfide) groups is 1. The average molecular weight is 442 g/mol. The molecule has 0 unspecified atom stereocenters. The van der Waals surface area contributed by atoms with E-state index in [0.717, 1.165) is 47.5 Å². The maximum absolute atomic E-state index is 12.6. The van der Waals surface area contributed by atoms with Gasteiger partial charge in [0.15, 0.2) is 11.0 Å². The van der Waals surface area contributed by atoms with Gasteiger partial charge in [-0.2, -0.15) is 0 Å². The highest BCUT2D eigenvalue weighted by molar-refractivity contribution is 7.99. The molecule has 2 amide bonds. The highest BCUT2D eigenvalue weighted by Crippen LogP contribution is 2.38. The summed E-state index contributed by atoms with van der Waals surface area (Å²) in [4.78, 5) is 25.7. The molecule has 3 aromatic rings. The van der Waals surface area contributed by atoms with E-state index in [4.69, 9.17) is 5.73 Å². The van der Waals surface area contributed by atoms with Gasteiger partial charge in [-0.25, -0.2) is 0 Å². The quantitative estimate of drug-likeness (QED) is 0.570. The summed E-state index contributed by atoms with van der Waals surface area (Å²) in [6, 6.07) is 8.07. The van der Waals surface area contributed by atoms with Crippen LogP contribution in [0, 0.1) is 6.92 Å². The van der Waals surface area contributed by atoms with Crippen LogP contribution in [0.2, 0.25) is 0 Å². The molecule has 1 aliphatic rings. The number of thiophene rings is 1. The Hall–Kier alpha value is -2.65. The van der Waals surface area contributed by atoms with E-state index in [1.807, 2.05) is 42.8 Å². The van der Waals surface area contributed by atoms with E-state index in [2.05, 4.69) is 15.5 Å². The molecule has 0 atom stereocenters. The number of aryl methyl sites for hydroxylation is 2. The van der Waals surface area contributed by atoms with Crippen LogP contribution in [0.5, 0.6) is 0 Å². The molecule has 2 heterocycles. The smallest absolute Gasteiger partial charge is 0.251 e. The van der Waals surface area contributed by atoms with E-state index < -0.39 is 5.91 Å². The molecule has 3 N–H and O–H groups in total. The van der Waals surface area contributed by atoms with Crippen molar-refractivity contribution in [3.05, 3.63) is 45.8 Å². The average Bonchev–Trinajstić information content (AvgIpc) is 3.27. The summed E-state index contributed by atoms with van der Waals surface area (Å²) in [6.07, 6.45) is 3.92. The van der Waals surface area contributed by atoms with E-state index in [0.29, 0.717) is 15.7 Å². The predicted molar refractivity (Wildman–Crippen MR) is 120 cm³/mol. The second kappa shape index (κ2) is 8.61. The van der Waals surface area contributed by atoms with Crippen LogP contribution in [-0.2, 0) is 24.7 Å². The number of nitrogens with two attached hydrogens (primary N) is 1. The third-order valence-electron chi connectivity index (χ3n) is 5.15. The van der Waals surface area contributed by atoms with E-state index in [1.165, 1.54) is 28.7 Å². The number of nitrogens with zero attached hydrogens (tertiary/aromatic N) is 3. The molecule has 0 saturated carbocycles. The number of hydrogen-bond donors (Lipinski definition) is 2. The van der Waals surface area contributed by atoms with Gasteiger partial charge in [-0.1, -0.05) is 41.6 Å². The Labute approximate surface area is 183 Å². The Morgan fingerprint density at radius 3 is 2.67 bits per heavy atom. The zero-order chi connectivity index (χ0) is 21.3. The van der Waals surface area contributed by atoms with Crippen molar-refractivity contribution in [3.63, 3.8) is 0 Å². The number of carbonyl (C=O) groups excluding carboxylic acids is 2. The topological polar surface area (TPSA) is 103 Å². The minimum Gasteiger partial charge on any atom is -0.365 e. The van der Waals surface area contributed by atoms with Crippen molar-refractivity contribution in [1.82, 2.24) is 14.8 Å². The second-order valence-electron chi connectivity index (χ2n) is 7.35. The highest BCUT2D eigenvalue weighted by atomic mass is 32.2. The van der Waals surface area contributed by atoms with E-state index >= 15 is 0 Å². The second-order valence-corrected chi connectivity index (χ2v) is 9.40. The Morgan fingerprint density at radius 1 is 1.20 bits per heavy atom. The molecule has 0 bridgehead atoms. The number of nitrogens with one attached hydrogen (secondary N) is 1. The van der Waals surface area contributed by atoms with Crippen LogP contribution in [-0.4, -0.2) is 32.3 Å². The first-order chi connectivity index (χ1) is 14.4. The van der Waals surface area contributed by atoms with Crippen LogP contribution in [0.3, 0.4) is 0 Å². The van der Waals surface area contributed by atoms with E-state index in [9.17, 15) is 9.59 Å². The monoisotopic (exact) mass is 441 g/mol. The lowest BCUT2D eigenvalue weighted by molar-refractivity contribution is -0.113. The van der Waals surface area contributed by atoms with Gasteiger partial charge in [0.05, 0.1) is 11.3 Å². The SMILES string of the molecule is Cc1ccc(-c2nnc(SCC(=O)Nc3sc4c(c3C(N)=O)CCCC4)n2C)cc1. The van der Waals surface area contributed by atoms with Crippen LogP contribution in [0.25, 0.3) is 11.4 Å². The number of aromatic nitrogens is 3. The number of carbonyl (C=O) groups is 2. The summed E-state index contributed by atoms with van der Waals surface area (Å²) in [5.74, 6) is 0.245. The summed E-state index contributed by atoms with van der Waals surface area (Å²) >= 11 is 2.78. The van der Waals surface area contributed by atoms with Crippen molar-refractivity contribution < 1.29 is 9.59 Å². The van der Waals surface area contributed by atoms with Crippen molar-refractivity contribution in [1.29, 1.82) is 0 Å². The Morgan fingerprint density at radius 2 is 1.93 bits per heavy atom. The maximum atomic E-state index is 12.6. The number of hydrogen-bond acceptors (Lipinski definition) is 6. The van der Waals surface area contributed by atoms with Gasteiger partial charge in [0.2, 0.25) is 5.91 Å². The number of amides is 2. The molecule has 1 aliphatic carbocycles. The van der Waals surface area contributed by atoms with E-state index in [-0.39, 0.29) is 11.7 Å². The van der Waals surface area contributed by atoms with Crippen LogP contribution >= 0.6 is 23.1 Å². The van der Waals surface area contributed by atoms with Gasteiger partial charge in [-0.3, -0.25) is 9.59 Å². The van der Waals surface area contributed by atoms with Gasteiger partial charge < -0.3 is 15.6 Å². The summed E-state index contributed by atoms with van der Waals surface area (Å²) in [6.45, 7) is 2.04. The standard InChI is InChI=1S/C21H23N5O2S2/c1-12-7-9-13(10-8-12)19-24-25-21(26(19)2)29-11-16(27)23-20-17(18(22)28)14-5-3-4-6-15(14)30-20/h7-10H,3-6,11H2,1-2H3,(H2,22,28)(H,23,27). The number of benzene rings is 1. The molecule has 0 aliphatic heterocycles. The van der Waals surface area contributed by atoms with Gasteiger partial charge in [0.1, 0.15) is 5.00 Å². The molecular formula is C21H23N5O2S2. The number of rotatable bonds is 6. The number of primary amides is 1. The molecular weight excluding hydrogens is 418 g/mol. The first-order valence-corrected chi connectivity index (χ1v) is 11.6. The molecule has 0 spiro atoms. The van der Waals surface area contributed by atoms with Crippen LogP contribution in [0.4, 0.5) is 5.00 Å². The van der Waals surface area contributed by atoms with Crippen LogP contribution in [0.1, 0.15) is 39.2 Å². The van der Waals surface area contributed by atoms with Gasteiger partial charge in [0, 0.05) is 17.5 Å². The zero-order valence-corrected chi connectivity index (χ0v) is 18.5. The molecule has 30 heavy (non-hydrogen) atoms. The Bertz CT molecular complexity index is 1100. The normalized spacial score (nSPS) is 13.1. The number of fused-ring (bicyclic) bond motifs is 1. The largest absolute Gasteiger partial charge is 0.365 e. The fourth-order valence-corrected chi connectivity index (χ4v) is 5.62. The Balaban J connectivity index is 1.44. The van der Waals surface area contributed by atoms with Gasteiger partial charge >= 0.3 is 0 Å². The van der Waals surface area contributed by atoms with Gasteiger partial charge in [0.25, 0.3) is 5.91 Å². The fraction of sp³-hybridized carbons (Fsp3) is 0.333. The Kier molecular flexibility index (Phi) is 5.92. The van der Waals surface area contributed by atoms with E-state index in [1.54, 1.807) is 0 Å². The van der Waals surface area contributed by atoms with Crippen LogP contribution in [0.15, 0.2) is 29.4 Å². The van der Waals surface area contributed by atoms with Crippen molar-refractivity contribution in [2.24, 2.45) is 12.8 Å². The molecule has 0 fully saturated rings. The summed E-state index contributed by atoms with van der Waals surface area (Å²) < 4.78 is 1.88. The maximum Gasteiger partial charge on any atom is 0.251 e. The molecule has 9 heteroatoms. The molecule has 4 rings (SSSR count). The van der Waals surface area contributed by atoms with Crippen LogP contribution < -0.4 is 11.1 Å². The zero-order valence-electron chi connectivity index (χ0n) is 16.9. The predicted octanol–water partition coefficient (Wildman–Crippen LogP) is 3.56. The molecule has 1 aromatic carbocycles. The lowest BCUT2D eigenvalue weighted by atomic mass is 9.95.